The third-order valence-electron chi connectivity index (χ3n) is 3.90. The largest absolute Gasteiger partial charge is 0.451 e. The fourth-order valence-electron chi connectivity index (χ4n) is 2.41. The van der Waals surface area contributed by atoms with E-state index in [2.05, 4.69) is 20.3 Å². The van der Waals surface area contributed by atoms with Crippen molar-refractivity contribution in [2.75, 3.05) is 6.54 Å². The molecule has 1 aliphatic heterocycles. The van der Waals surface area contributed by atoms with Crippen molar-refractivity contribution in [3.63, 3.8) is 0 Å². The molecule has 1 N–H and O–H groups in total. The average Bonchev–Trinajstić information content (AvgIpc) is 2.51. The average molecular weight is 336 g/mol. The number of alkyl halides is 3. The highest BCUT2D eigenvalue weighted by atomic mass is 19.4. The number of hydrogen-bond acceptors (Lipinski definition) is 5. The second-order valence-corrected chi connectivity index (χ2v) is 5.59. The summed E-state index contributed by atoms with van der Waals surface area (Å²) in [7, 11) is 0. The van der Waals surface area contributed by atoms with Crippen LogP contribution < -0.4 is 5.32 Å². The highest BCUT2D eigenvalue weighted by Crippen LogP contribution is 2.27. The smallest absolute Gasteiger partial charge is 0.307 e. The van der Waals surface area contributed by atoms with Gasteiger partial charge in [0.2, 0.25) is 5.82 Å². The van der Waals surface area contributed by atoms with Crippen molar-refractivity contribution >= 4 is 5.78 Å². The summed E-state index contributed by atoms with van der Waals surface area (Å²) < 4.78 is 37.5. The molecule has 1 atom stereocenters. The van der Waals surface area contributed by atoms with Gasteiger partial charge in [-0.05, 0) is 37.1 Å². The lowest BCUT2D eigenvalue weighted by atomic mass is 9.98. The van der Waals surface area contributed by atoms with Gasteiger partial charge in [0.1, 0.15) is 5.78 Å². The molecule has 0 radical (unpaired) electrons. The topological polar surface area (TPSA) is 67.8 Å². The van der Waals surface area contributed by atoms with Crippen molar-refractivity contribution in [1.29, 1.82) is 0 Å². The fraction of sp³-hybridized carbons (Fsp3) is 0.375. The van der Waals surface area contributed by atoms with Gasteiger partial charge in [-0.2, -0.15) is 13.2 Å². The SMILES string of the molecule is O=C(CCc1cc(-c2cnc(C(F)(F)F)nc2)ccn1)[C@@H]1CCN1. The zero-order chi connectivity index (χ0) is 17.2. The molecule has 0 unspecified atom stereocenters. The molecule has 0 amide bonds. The molecule has 126 valence electrons. The van der Waals surface area contributed by atoms with Crippen LogP contribution in [0.4, 0.5) is 13.2 Å². The van der Waals surface area contributed by atoms with Crippen LogP contribution in [0.15, 0.2) is 30.7 Å². The predicted octanol–water partition coefficient (Wildman–Crippen LogP) is 2.42. The summed E-state index contributed by atoms with van der Waals surface area (Å²) in [6.07, 6.45) is 1.03. The Morgan fingerprint density at radius 2 is 1.92 bits per heavy atom. The molecule has 2 aromatic rings. The summed E-state index contributed by atoms with van der Waals surface area (Å²) in [5, 5.41) is 3.06. The number of pyridine rings is 1. The van der Waals surface area contributed by atoms with Crippen molar-refractivity contribution in [2.24, 2.45) is 0 Å². The molecule has 8 heteroatoms. The molecule has 24 heavy (non-hydrogen) atoms. The number of hydrogen-bond donors (Lipinski definition) is 1. The van der Waals surface area contributed by atoms with Gasteiger partial charge in [0.15, 0.2) is 0 Å². The van der Waals surface area contributed by atoms with Crippen LogP contribution in [0, 0.1) is 0 Å². The van der Waals surface area contributed by atoms with Crippen molar-refractivity contribution in [3.05, 3.63) is 42.2 Å². The molecule has 2 aromatic heterocycles. The molecule has 3 heterocycles. The first-order valence-corrected chi connectivity index (χ1v) is 7.54. The van der Waals surface area contributed by atoms with E-state index in [0.29, 0.717) is 29.7 Å². The Morgan fingerprint density at radius 3 is 2.50 bits per heavy atom. The molecule has 0 bridgehead atoms. The normalized spacial score (nSPS) is 17.4. The zero-order valence-corrected chi connectivity index (χ0v) is 12.7. The Bertz CT molecular complexity index is 727. The Labute approximate surface area is 136 Å². The standard InChI is InChI=1S/C16H15F3N4O/c17-16(18,19)15-22-8-11(9-23-15)10-3-5-20-12(7-10)1-2-14(24)13-4-6-21-13/h3,5,7-9,13,21H,1-2,4,6H2/t13-/m0/s1. The molecule has 1 saturated heterocycles. The molecule has 0 spiro atoms. The van der Waals surface area contributed by atoms with Crippen LogP contribution in [0.2, 0.25) is 0 Å². The van der Waals surface area contributed by atoms with Gasteiger partial charge in [-0.1, -0.05) is 0 Å². The summed E-state index contributed by atoms with van der Waals surface area (Å²) >= 11 is 0. The highest BCUT2D eigenvalue weighted by Gasteiger charge is 2.34. The molecule has 0 aliphatic carbocycles. The summed E-state index contributed by atoms with van der Waals surface area (Å²) in [5.74, 6) is -1.01. The van der Waals surface area contributed by atoms with E-state index in [1.54, 1.807) is 18.3 Å². The van der Waals surface area contributed by atoms with E-state index in [9.17, 15) is 18.0 Å². The van der Waals surface area contributed by atoms with E-state index in [1.165, 1.54) is 0 Å². The fourth-order valence-corrected chi connectivity index (χ4v) is 2.41. The summed E-state index contributed by atoms with van der Waals surface area (Å²) in [4.78, 5) is 22.8. The lowest BCUT2D eigenvalue weighted by Gasteiger charge is -2.25. The van der Waals surface area contributed by atoms with Gasteiger partial charge in [0.25, 0.3) is 0 Å². The number of nitrogens with zero attached hydrogens (tertiary/aromatic N) is 3. The zero-order valence-electron chi connectivity index (χ0n) is 12.7. The second-order valence-electron chi connectivity index (χ2n) is 5.59. The minimum absolute atomic E-state index is 0.0449. The maximum Gasteiger partial charge on any atom is 0.451 e. The van der Waals surface area contributed by atoms with Crippen LogP contribution >= 0.6 is 0 Å². The second kappa shape index (κ2) is 6.64. The summed E-state index contributed by atoms with van der Waals surface area (Å²) in [5.41, 5.74) is 1.85. The van der Waals surface area contributed by atoms with Crippen LogP contribution in [-0.4, -0.2) is 33.3 Å². The van der Waals surface area contributed by atoms with Crippen LogP contribution in [-0.2, 0) is 17.4 Å². The van der Waals surface area contributed by atoms with Gasteiger partial charge >= 0.3 is 6.18 Å². The number of carbonyl (C=O) groups is 1. The third-order valence-corrected chi connectivity index (χ3v) is 3.90. The van der Waals surface area contributed by atoms with Crippen LogP contribution in [0.25, 0.3) is 11.1 Å². The number of aryl methyl sites for hydroxylation is 1. The lowest BCUT2D eigenvalue weighted by Crippen LogP contribution is -2.48. The molecule has 1 aliphatic rings. The molecular weight excluding hydrogens is 321 g/mol. The minimum Gasteiger partial charge on any atom is -0.307 e. The van der Waals surface area contributed by atoms with Crippen LogP contribution in [0.3, 0.4) is 0 Å². The van der Waals surface area contributed by atoms with Crippen molar-refractivity contribution in [2.45, 2.75) is 31.5 Å². The molecule has 1 fully saturated rings. The van der Waals surface area contributed by atoms with Gasteiger partial charge < -0.3 is 5.32 Å². The Kier molecular flexibility index (Phi) is 4.57. The number of rotatable bonds is 5. The number of ketones is 1. The van der Waals surface area contributed by atoms with Gasteiger partial charge in [-0.3, -0.25) is 9.78 Å². The lowest BCUT2D eigenvalue weighted by molar-refractivity contribution is -0.145. The van der Waals surface area contributed by atoms with Crippen molar-refractivity contribution in [1.82, 2.24) is 20.3 Å². The number of carbonyl (C=O) groups excluding carboxylic acids is 1. The number of nitrogens with one attached hydrogen (secondary N) is 1. The number of halogens is 3. The summed E-state index contributed by atoms with van der Waals surface area (Å²) in [6, 6.07) is 3.37. The number of aromatic nitrogens is 3. The van der Waals surface area contributed by atoms with E-state index < -0.39 is 12.0 Å². The number of Topliss-reactive ketones (excluding diaryl/α,β-unsaturated/α-hetero) is 1. The Morgan fingerprint density at radius 1 is 1.21 bits per heavy atom. The quantitative estimate of drug-likeness (QED) is 0.908. The van der Waals surface area contributed by atoms with Gasteiger partial charge in [-0.15, -0.1) is 0 Å². The minimum atomic E-state index is -4.56. The monoisotopic (exact) mass is 336 g/mol. The van der Waals surface area contributed by atoms with Crippen molar-refractivity contribution < 1.29 is 18.0 Å². The first-order valence-electron chi connectivity index (χ1n) is 7.54. The van der Waals surface area contributed by atoms with Gasteiger partial charge in [0.05, 0.1) is 6.04 Å². The Balaban J connectivity index is 1.69. The summed E-state index contributed by atoms with van der Waals surface area (Å²) in [6.45, 7) is 0.873. The maximum atomic E-state index is 12.5. The maximum absolute atomic E-state index is 12.5. The predicted molar refractivity (Wildman–Crippen MR) is 80.0 cm³/mol. The molecule has 5 nitrogen and oxygen atoms in total. The van der Waals surface area contributed by atoms with Gasteiger partial charge in [0, 0.05) is 36.3 Å². The van der Waals surface area contributed by atoms with Crippen molar-refractivity contribution in [3.8, 4) is 11.1 Å². The van der Waals surface area contributed by atoms with Crippen LogP contribution in [0.1, 0.15) is 24.4 Å². The molecule has 3 rings (SSSR count). The van der Waals surface area contributed by atoms with E-state index >= 15 is 0 Å². The first kappa shape index (κ1) is 16.5. The van der Waals surface area contributed by atoms with Crippen LogP contribution in [0.5, 0.6) is 0 Å². The van der Waals surface area contributed by atoms with E-state index in [0.717, 1.165) is 25.4 Å². The molecular formula is C16H15F3N4O. The van der Waals surface area contributed by atoms with E-state index in [4.69, 9.17) is 0 Å². The molecule has 0 saturated carbocycles. The first-order chi connectivity index (χ1) is 11.4. The van der Waals surface area contributed by atoms with Gasteiger partial charge in [-0.25, -0.2) is 9.97 Å². The Hall–Kier alpha value is -2.35. The van der Waals surface area contributed by atoms with E-state index in [1.807, 2.05) is 0 Å². The third kappa shape index (κ3) is 3.76. The van der Waals surface area contributed by atoms with E-state index in [-0.39, 0.29) is 11.8 Å². The molecule has 0 aromatic carbocycles. The highest BCUT2D eigenvalue weighted by molar-refractivity contribution is 5.85.